The quantitative estimate of drug-likeness (QED) is 0.783. The fourth-order valence-corrected chi connectivity index (χ4v) is 2.17. The predicted octanol–water partition coefficient (Wildman–Crippen LogP) is 4.42. The van der Waals surface area contributed by atoms with Crippen molar-refractivity contribution in [3.05, 3.63) is 69.2 Å². The monoisotopic (exact) mass is 318 g/mol. The first-order valence-corrected chi connectivity index (χ1v) is 6.84. The van der Waals surface area contributed by atoms with Crippen molar-refractivity contribution >= 4 is 21.9 Å². The summed E-state index contributed by atoms with van der Waals surface area (Å²) in [6.45, 7) is 4.29. The molecule has 98 valence electrons. The number of hydrogen-bond acceptors (Lipinski definition) is 2. The molecule has 0 bridgehead atoms. The van der Waals surface area contributed by atoms with E-state index < -0.39 is 0 Å². The number of ether oxygens (including phenoxy) is 1. The number of carbonyl (C=O) groups is 1. The maximum Gasteiger partial charge on any atom is 0.338 e. The Hall–Kier alpha value is -1.61. The zero-order valence-corrected chi connectivity index (χ0v) is 12.5. The number of rotatable bonds is 3. The van der Waals surface area contributed by atoms with Crippen LogP contribution >= 0.6 is 15.9 Å². The van der Waals surface area contributed by atoms with E-state index in [0.717, 1.165) is 15.6 Å². The lowest BCUT2D eigenvalue weighted by Crippen LogP contribution is -2.05. The minimum absolute atomic E-state index is 0.283. The van der Waals surface area contributed by atoms with Crippen molar-refractivity contribution in [3.8, 4) is 0 Å². The summed E-state index contributed by atoms with van der Waals surface area (Å²) in [5, 5.41) is 0. The highest BCUT2D eigenvalue weighted by molar-refractivity contribution is 9.10. The molecular formula is C16H15BrO2. The van der Waals surface area contributed by atoms with Crippen LogP contribution in [0.3, 0.4) is 0 Å². The van der Waals surface area contributed by atoms with Crippen molar-refractivity contribution in [3.63, 3.8) is 0 Å². The summed E-state index contributed by atoms with van der Waals surface area (Å²) in [5.74, 6) is -0.289. The van der Waals surface area contributed by atoms with Gasteiger partial charge in [0.1, 0.15) is 6.61 Å². The summed E-state index contributed by atoms with van der Waals surface area (Å²) in [6.07, 6.45) is 0. The first-order chi connectivity index (χ1) is 9.06. The lowest BCUT2D eigenvalue weighted by Gasteiger charge is -2.07. The Kier molecular flexibility index (Phi) is 4.38. The van der Waals surface area contributed by atoms with Crippen molar-refractivity contribution in [2.75, 3.05) is 0 Å². The lowest BCUT2D eigenvalue weighted by molar-refractivity contribution is 0.0472. The van der Waals surface area contributed by atoms with Gasteiger partial charge in [-0.25, -0.2) is 4.79 Å². The number of hydrogen-bond donors (Lipinski definition) is 0. The van der Waals surface area contributed by atoms with Gasteiger partial charge in [0, 0.05) is 4.47 Å². The molecule has 0 radical (unpaired) electrons. The van der Waals surface area contributed by atoms with Gasteiger partial charge in [-0.05, 0) is 54.8 Å². The predicted molar refractivity (Wildman–Crippen MR) is 79.2 cm³/mol. The molecule has 0 amide bonds. The summed E-state index contributed by atoms with van der Waals surface area (Å²) < 4.78 is 6.28. The second-order valence-electron chi connectivity index (χ2n) is 4.51. The molecule has 0 aliphatic heterocycles. The average Bonchev–Trinajstić information content (AvgIpc) is 2.39. The molecule has 0 saturated heterocycles. The van der Waals surface area contributed by atoms with Gasteiger partial charge in [0.15, 0.2) is 0 Å². The fraction of sp³-hybridized carbons (Fsp3) is 0.188. The van der Waals surface area contributed by atoms with Crippen LogP contribution in [0.2, 0.25) is 0 Å². The van der Waals surface area contributed by atoms with E-state index in [9.17, 15) is 4.79 Å². The highest BCUT2D eigenvalue weighted by Crippen LogP contribution is 2.14. The van der Waals surface area contributed by atoms with E-state index in [-0.39, 0.29) is 12.6 Å². The number of benzene rings is 2. The van der Waals surface area contributed by atoms with E-state index in [1.165, 1.54) is 5.56 Å². The van der Waals surface area contributed by atoms with Gasteiger partial charge in [-0.1, -0.05) is 34.1 Å². The molecule has 2 rings (SSSR count). The van der Waals surface area contributed by atoms with Gasteiger partial charge in [0.05, 0.1) is 5.56 Å². The van der Waals surface area contributed by atoms with E-state index in [1.807, 2.05) is 50.2 Å². The van der Waals surface area contributed by atoms with Gasteiger partial charge in [-0.3, -0.25) is 0 Å². The molecule has 0 saturated carbocycles. The maximum atomic E-state index is 11.9. The third-order valence-corrected chi connectivity index (χ3v) is 3.49. The Morgan fingerprint density at radius 3 is 2.58 bits per heavy atom. The first-order valence-electron chi connectivity index (χ1n) is 6.05. The van der Waals surface area contributed by atoms with Crippen molar-refractivity contribution < 1.29 is 9.53 Å². The summed E-state index contributed by atoms with van der Waals surface area (Å²) in [7, 11) is 0. The van der Waals surface area contributed by atoms with Crippen LogP contribution in [0.4, 0.5) is 0 Å². The molecule has 2 nitrogen and oxygen atoms in total. The maximum absolute atomic E-state index is 11.9. The Bertz CT molecular complexity index is 605. The van der Waals surface area contributed by atoms with E-state index in [2.05, 4.69) is 15.9 Å². The minimum atomic E-state index is -0.289. The van der Waals surface area contributed by atoms with Gasteiger partial charge in [-0.2, -0.15) is 0 Å². The van der Waals surface area contributed by atoms with Crippen molar-refractivity contribution in [1.29, 1.82) is 0 Å². The van der Waals surface area contributed by atoms with Crippen LogP contribution in [-0.2, 0) is 11.3 Å². The molecule has 0 atom stereocenters. The summed E-state index contributed by atoms with van der Waals surface area (Å²) in [4.78, 5) is 11.9. The zero-order chi connectivity index (χ0) is 13.8. The fourth-order valence-electron chi connectivity index (χ4n) is 1.73. The molecule has 2 aromatic rings. The number of aryl methyl sites for hydroxylation is 2. The molecule has 0 heterocycles. The molecule has 0 aromatic heterocycles. The molecule has 0 spiro atoms. The second-order valence-corrected chi connectivity index (χ2v) is 5.42. The van der Waals surface area contributed by atoms with E-state index >= 15 is 0 Å². The minimum Gasteiger partial charge on any atom is -0.457 e. The van der Waals surface area contributed by atoms with Crippen LogP contribution in [0.25, 0.3) is 0 Å². The highest BCUT2D eigenvalue weighted by atomic mass is 79.9. The molecule has 2 aromatic carbocycles. The molecule has 0 fully saturated rings. The third-order valence-electron chi connectivity index (χ3n) is 3.00. The smallest absolute Gasteiger partial charge is 0.338 e. The summed E-state index contributed by atoms with van der Waals surface area (Å²) in [5.41, 5.74) is 3.82. The molecule has 19 heavy (non-hydrogen) atoms. The van der Waals surface area contributed by atoms with Gasteiger partial charge in [-0.15, -0.1) is 0 Å². The topological polar surface area (TPSA) is 26.3 Å². The normalized spacial score (nSPS) is 10.3. The van der Waals surface area contributed by atoms with E-state index in [1.54, 1.807) is 6.07 Å². The van der Waals surface area contributed by atoms with Crippen LogP contribution in [0.15, 0.2) is 46.9 Å². The number of esters is 1. The van der Waals surface area contributed by atoms with Crippen LogP contribution in [0.5, 0.6) is 0 Å². The Balaban J connectivity index is 2.03. The Labute approximate surface area is 121 Å². The van der Waals surface area contributed by atoms with Gasteiger partial charge >= 0.3 is 5.97 Å². The highest BCUT2D eigenvalue weighted by Gasteiger charge is 2.08. The molecule has 0 aliphatic rings. The molecular weight excluding hydrogens is 304 g/mol. The zero-order valence-electron chi connectivity index (χ0n) is 10.9. The lowest BCUT2D eigenvalue weighted by atomic mass is 10.1. The van der Waals surface area contributed by atoms with Crippen molar-refractivity contribution in [1.82, 2.24) is 0 Å². The van der Waals surface area contributed by atoms with E-state index in [4.69, 9.17) is 4.74 Å². The third kappa shape index (κ3) is 3.67. The summed E-state index contributed by atoms with van der Waals surface area (Å²) >= 11 is 3.39. The standard InChI is InChI=1S/C16H15BrO2/c1-11-6-7-14(8-12(11)2)16(18)19-10-13-4-3-5-15(17)9-13/h3-9H,10H2,1-2H3. The Morgan fingerprint density at radius 1 is 1.11 bits per heavy atom. The summed E-state index contributed by atoms with van der Waals surface area (Å²) in [6, 6.07) is 13.3. The SMILES string of the molecule is Cc1ccc(C(=O)OCc2cccc(Br)c2)cc1C. The number of carbonyl (C=O) groups excluding carboxylic acids is 1. The number of halogens is 1. The van der Waals surface area contributed by atoms with Crippen LogP contribution in [0, 0.1) is 13.8 Å². The van der Waals surface area contributed by atoms with Crippen LogP contribution < -0.4 is 0 Å². The second kappa shape index (κ2) is 6.02. The molecule has 0 N–H and O–H groups in total. The first kappa shape index (κ1) is 13.8. The van der Waals surface area contributed by atoms with Crippen molar-refractivity contribution in [2.24, 2.45) is 0 Å². The van der Waals surface area contributed by atoms with E-state index in [0.29, 0.717) is 5.56 Å². The van der Waals surface area contributed by atoms with Crippen LogP contribution in [-0.4, -0.2) is 5.97 Å². The van der Waals surface area contributed by atoms with Gasteiger partial charge in [0.2, 0.25) is 0 Å². The largest absolute Gasteiger partial charge is 0.457 e. The van der Waals surface area contributed by atoms with Crippen molar-refractivity contribution in [2.45, 2.75) is 20.5 Å². The molecule has 0 unspecified atom stereocenters. The Morgan fingerprint density at radius 2 is 1.89 bits per heavy atom. The molecule has 0 aliphatic carbocycles. The molecule has 3 heteroatoms. The van der Waals surface area contributed by atoms with Gasteiger partial charge in [0.25, 0.3) is 0 Å². The average molecular weight is 319 g/mol. The van der Waals surface area contributed by atoms with Crippen LogP contribution in [0.1, 0.15) is 27.0 Å². The van der Waals surface area contributed by atoms with Gasteiger partial charge < -0.3 is 4.74 Å².